The monoisotopic (exact) mass is 231 g/mol. The Morgan fingerprint density at radius 1 is 1.47 bits per heavy atom. The molecule has 0 saturated heterocycles. The van der Waals surface area contributed by atoms with Gasteiger partial charge in [-0.2, -0.15) is 0 Å². The van der Waals surface area contributed by atoms with Gasteiger partial charge in [0, 0.05) is 12.0 Å². The van der Waals surface area contributed by atoms with E-state index in [0.29, 0.717) is 12.1 Å². The van der Waals surface area contributed by atoms with Gasteiger partial charge in [0.05, 0.1) is 5.69 Å². The zero-order valence-electron chi connectivity index (χ0n) is 10.2. The molecule has 0 aliphatic rings. The Hall–Kier alpha value is -1.79. The molecule has 3 heteroatoms. The van der Waals surface area contributed by atoms with Crippen molar-refractivity contribution in [2.45, 2.75) is 26.7 Å². The van der Waals surface area contributed by atoms with Gasteiger partial charge in [0.1, 0.15) is 6.61 Å². The normalized spacial score (nSPS) is 9.35. The molecule has 0 radical (unpaired) electrons. The Kier molecular flexibility index (Phi) is 5.25. The van der Waals surface area contributed by atoms with E-state index in [1.165, 1.54) is 0 Å². The molecule has 0 atom stereocenters. The summed E-state index contributed by atoms with van der Waals surface area (Å²) in [6.45, 7) is 3.73. The third-order valence-corrected chi connectivity index (χ3v) is 2.23. The highest BCUT2D eigenvalue weighted by Crippen LogP contribution is 2.17. The lowest BCUT2D eigenvalue weighted by atomic mass is 10.1. The standard InChI is InChI=1S/C14H17NO2/c1-3-5-14(17)15-13-10-11(2)7-8-12(13)6-4-9-16/h7-8,10,16H,3,5,9H2,1-2H3,(H,15,17). The van der Waals surface area contributed by atoms with Crippen LogP contribution < -0.4 is 5.32 Å². The molecule has 2 N–H and O–H groups in total. The summed E-state index contributed by atoms with van der Waals surface area (Å²) in [7, 11) is 0. The lowest BCUT2D eigenvalue weighted by molar-refractivity contribution is -0.116. The molecule has 0 spiro atoms. The number of nitrogens with one attached hydrogen (secondary N) is 1. The molecule has 0 saturated carbocycles. The fourth-order valence-electron chi connectivity index (χ4n) is 1.45. The molecule has 0 fully saturated rings. The first kappa shape index (κ1) is 13.3. The van der Waals surface area contributed by atoms with Crippen LogP contribution in [0.15, 0.2) is 18.2 Å². The van der Waals surface area contributed by atoms with Gasteiger partial charge in [-0.25, -0.2) is 0 Å². The minimum Gasteiger partial charge on any atom is -0.384 e. The van der Waals surface area contributed by atoms with Gasteiger partial charge in [-0.05, 0) is 31.0 Å². The van der Waals surface area contributed by atoms with Crippen LogP contribution in [0.2, 0.25) is 0 Å². The van der Waals surface area contributed by atoms with Crippen LogP contribution in [-0.4, -0.2) is 17.6 Å². The van der Waals surface area contributed by atoms with Gasteiger partial charge < -0.3 is 10.4 Å². The zero-order chi connectivity index (χ0) is 12.7. The molecule has 1 rings (SSSR count). The van der Waals surface area contributed by atoms with Crippen LogP contribution in [0.1, 0.15) is 30.9 Å². The minimum atomic E-state index is -0.184. The number of benzene rings is 1. The highest BCUT2D eigenvalue weighted by molar-refractivity contribution is 5.92. The SMILES string of the molecule is CCCC(=O)Nc1cc(C)ccc1C#CCO. The summed E-state index contributed by atoms with van der Waals surface area (Å²) in [5.74, 6) is 5.40. The van der Waals surface area contributed by atoms with Gasteiger partial charge in [0.25, 0.3) is 0 Å². The maximum atomic E-state index is 11.5. The molecule has 0 unspecified atom stereocenters. The molecule has 0 heterocycles. The average molecular weight is 231 g/mol. The van der Waals surface area contributed by atoms with Crippen LogP contribution in [0.5, 0.6) is 0 Å². The number of aliphatic hydroxyl groups is 1. The van der Waals surface area contributed by atoms with E-state index < -0.39 is 0 Å². The van der Waals surface area contributed by atoms with Crippen molar-refractivity contribution in [3.63, 3.8) is 0 Å². The van der Waals surface area contributed by atoms with Crippen LogP contribution >= 0.6 is 0 Å². The van der Waals surface area contributed by atoms with Crippen molar-refractivity contribution in [3.05, 3.63) is 29.3 Å². The fourth-order valence-corrected chi connectivity index (χ4v) is 1.45. The summed E-state index contributed by atoms with van der Waals surface area (Å²) in [5, 5.41) is 11.5. The largest absolute Gasteiger partial charge is 0.384 e. The fraction of sp³-hybridized carbons (Fsp3) is 0.357. The van der Waals surface area contributed by atoms with E-state index in [0.717, 1.165) is 17.5 Å². The molecule has 1 aromatic carbocycles. The third-order valence-electron chi connectivity index (χ3n) is 2.23. The number of carbonyl (C=O) groups excluding carboxylic acids is 1. The Bertz CT molecular complexity index is 455. The zero-order valence-corrected chi connectivity index (χ0v) is 10.2. The quantitative estimate of drug-likeness (QED) is 0.782. The molecule has 17 heavy (non-hydrogen) atoms. The number of hydrogen-bond donors (Lipinski definition) is 2. The maximum absolute atomic E-state index is 11.5. The van der Waals surface area contributed by atoms with Crippen molar-refractivity contribution in [3.8, 4) is 11.8 Å². The molecule has 0 aromatic heterocycles. The predicted octanol–water partition coefficient (Wildman–Crippen LogP) is 2.08. The van der Waals surface area contributed by atoms with Crippen LogP contribution in [-0.2, 0) is 4.79 Å². The van der Waals surface area contributed by atoms with E-state index in [-0.39, 0.29) is 12.5 Å². The third kappa shape index (κ3) is 4.29. The lowest BCUT2D eigenvalue weighted by Gasteiger charge is -2.08. The molecule has 90 valence electrons. The van der Waals surface area contributed by atoms with Gasteiger partial charge in [-0.15, -0.1) is 0 Å². The van der Waals surface area contributed by atoms with Gasteiger partial charge in [-0.1, -0.05) is 24.8 Å². The summed E-state index contributed by atoms with van der Waals surface area (Å²) in [6.07, 6.45) is 1.32. The number of aliphatic hydroxyl groups excluding tert-OH is 1. The molecule has 1 aromatic rings. The second-order valence-electron chi connectivity index (χ2n) is 3.81. The molecule has 0 bridgehead atoms. The molecule has 0 aliphatic heterocycles. The van der Waals surface area contributed by atoms with Gasteiger partial charge >= 0.3 is 0 Å². The van der Waals surface area contributed by atoms with Crippen molar-refractivity contribution in [2.24, 2.45) is 0 Å². The van der Waals surface area contributed by atoms with E-state index in [1.54, 1.807) is 0 Å². The Labute approximate surface area is 102 Å². The smallest absolute Gasteiger partial charge is 0.224 e. The van der Waals surface area contributed by atoms with Crippen molar-refractivity contribution in [1.29, 1.82) is 0 Å². The Morgan fingerprint density at radius 2 is 2.24 bits per heavy atom. The van der Waals surface area contributed by atoms with Gasteiger partial charge in [0.15, 0.2) is 0 Å². The number of carbonyl (C=O) groups is 1. The molecule has 3 nitrogen and oxygen atoms in total. The van der Waals surface area contributed by atoms with Crippen LogP contribution in [0, 0.1) is 18.8 Å². The molecule has 1 amide bonds. The molecular formula is C14H17NO2. The number of rotatable bonds is 3. The van der Waals surface area contributed by atoms with Crippen LogP contribution in [0.3, 0.4) is 0 Å². The Balaban J connectivity index is 2.94. The summed E-state index contributed by atoms with van der Waals surface area (Å²) in [5.41, 5.74) is 2.50. The minimum absolute atomic E-state index is 0.00912. The maximum Gasteiger partial charge on any atom is 0.224 e. The van der Waals surface area contributed by atoms with Crippen molar-refractivity contribution >= 4 is 11.6 Å². The molecular weight excluding hydrogens is 214 g/mol. The Morgan fingerprint density at radius 3 is 2.88 bits per heavy atom. The van der Waals surface area contributed by atoms with E-state index in [4.69, 9.17) is 5.11 Å². The van der Waals surface area contributed by atoms with E-state index in [9.17, 15) is 4.79 Å². The number of anilines is 1. The summed E-state index contributed by atoms with van der Waals surface area (Å²) in [4.78, 5) is 11.5. The summed E-state index contributed by atoms with van der Waals surface area (Å²) in [6, 6.07) is 5.66. The van der Waals surface area contributed by atoms with Gasteiger partial charge in [0.2, 0.25) is 5.91 Å². The summed E-state index contributed by atoms with van der Waals surface area (Å²) >= 11 is 0. The predicted molar refractivity (Wildman–Crippen MR) is 68.7 cm³/mol. The van der Waals surface area contributed by atoms with Crippen molar-refractivity contribution in [2.75, 3.05) is 11.9 Å². The highest BCUT2D eigenvalue weighted by atomic mass is 16.2. The first-order valence-electron chi connectivity index (χ1n) is 5.67. The summed E-state index contributed by atoms with van der Waals surface area (Å²) < 4.78 is 0. The first-order valence-corrected chi connectivity index (χ1v) is 5.67. The van der Waals surface area contributed by atoms with E-state index in [1.807, 2.05) is 32.0 Å². The number of aryl methyl sites for hydroxylation is 1. The molecule has 0 aliphatic carbocycles. The topological polar surface area (TPSA) is 49.3 Å². The lowest BCUT2D eigenvalue weighted by Crippen LogP contribution is -2.11. The van der Waals surface area contributed by atoms with Gasteiger partial charge in [-0.3, -0.25) is 4.79 Å². The van der Waals surface area contributed by atoms with Crippen LogP contribution in [0.4, 0.5) is 5.69 Å². The first-order chi connectivity index (χ1) is 8.17. The van der Waals surface area contributed by atoms with E-state index >= 15 is 0 Å². The second-order valence-corrected chi connectivity index (χ2v) is 3.81. The van der Waals surface area contributed by atoms with Crippen LogP contribution in [0.25, 0.3) is 0 Å². The van der Waals surface area contributed by atoms with Crippen molar-refractivity contribution in [1.82, 2.24) is 0 Å². The highest BCUT2D eigenvalue weighted by Gasteiger charge is 2.04. The second kappa shape index (κ2) is 6.72. The number of amides is 1. The van der Waals surface area contributed by atoms with Crippen molar-refractivity contribution < 1.29 is 9.90 Å². The number of hydrogen-bond acceptors (Lipinski definition) is 2. The average Bonchev–Trinajstić information content (AvgIpc) is 2.28. The van der Waals surface area contributed by atoms with E-state index in [2.05, 4.69) is 17.2 Å².